The standard InChI is InChI=1S/C12H13N3O3S/c16-12(17)10-9(15-8-3-1-2-4-18-8)7-5-13-6-14-11(7)19-10/h5-6,8,15H,1-4H2,(H,16,17). The number of hydrogen-bond acceptors (Lipinski definition) is 6. The molecule has 1 aliphatic heterocycles. The van der Waals surface area contributed by atoms with Gasteiger partial charge < -0.3 is 15.2 Å². The number of carboxylic acid groups (broad SMARTS) is 1. The number of hydrogen-bond donors (Lipinski definition) is 2. The smallest absolute Gasteiger partial charge is 0.348 e. The number of carboxylic acids is 1. The summed E-state index contributed by atoms with van der Waals surface area (Å²) in [5, 5.41) is 13.2. The number of anilines is 1. The van der Waals surface area contributed by atoms with Gasteiger partial charge >= 0.3 is 5.97 Å². The van der Waals surface area contributed by atoms with Crippen LogP contribution in [-0.2, 0) is 4.74 Å². The van der Waals surface area contributed by atoms with E-state index >= 15 is 0 Å². The molecule has 1 aliphatic rings. The van der Waals surface area contributed by atoms with E-state index in [0.29, 0.717) is 17.1 Å². The van der Waals surface area contributed by atoms with Crippen molar-refractivity contribution in [2.24, 2.45) is 0 Å². The lowest BCUT2D eigenvalue weighted by Gasteiger charge is -2.24. The minimum atomic E-state index is -0.957. The fourth-order valence-corrected chi connectivity index (χ4v) is 3.07. The summed E-state index contributed by atoms with van der Waals surface area (Å²) in [7, 11) is 0. The zero-order valence-electron chi connectivity index (χ0n) is 10.1. The van der Waals surface area contributed by atoms with Crippen molar-refractivity contribution >= 4 is 33.2 Å². The first-order valence-corrected chi connectivity index (χ1v) is 6.91. The normalized spacial score (nSPS) is 19.5. The first-order valence-electron chi connectivity index (χ1n) is 6.09. The molecule has 0 amide bonds. The van der Waals surface area contributed by atoms with Crippen LogP contribution in [0.2, 0.25) is 0 Å². The van der Waals surface area contributed by atoms with Crippen molar-refractivity contribution in [3.63, 3.8) is 0 Å². The number of aromatic nitrogens is 2. The van der Waals surface area contributed by atoms with Crippen LogP contribution in [0.1, 0.15) is 28.9 Å². The minimum absolute atomic E-state index is 0.134. The average Bonchev–Trinajstić information content (AvgIpc) is 2.79. The molecule has 19 heavy (non-hydrogen) atoms. The lowest BCUT2D eigenvalue weighted by Crippen LogP contribution is -2.27. The van der Waals surface area contributed by atoms with Gasteiger partial charge in [0.05, 0.1) is 11.1 Å². The van der Waals surface area contributed by atoms with E-state index in [0.717, 1.165) is 36.0 Å². The Morgan fingerprint density at radius 2 is 2.42 bits per heavy atom. The summed E-state index contributed by atoms with van der Waals surface area (Å²) in [4.78, 5) is 20.3. The highest BCUT2D eigenvalue weighted by atomic mass is 32.1. The van der Waals surface area contributed by atoms with Crippen LogP contribution < -0.4 is 5.32 Å². The van der Waals surface area contributed by atoms with Gasteiger partial charge in [0.25, 0.3) is 0 Å². The second kappa shape index (κ2) is 5.10. The molecule has 1 fully saturated rings. The van der Waals surface area contributed by atoms with Gasteiger partial charge in [0, 0.05) is 12.8 Å². The third-order valence-corrected chi connectivity index (χ3v) is 4.15. The molecular formula is C12H13N3O3S. The molecule has 2 N–H and O–H groups in total. The maximum absolute atomic E-state index is 11.3. The minimum Gasteiger partial charge on any atom is -0.477 e. The van der Waals surface area contributed by atoms with E-state index in [2.05, 4.69) is 15.3 Å². The van der Waals surface area contributed by atoms with E-state index in [9.17, 15) is 9.90 Å². The zero-order valence-corrected chi connectivity index (χ0v) is 10.9. The number of nitrogens with zero attached hydrogens (tertiary/aromatic N) is 2. The van der Waals surface area contributed by atoms with Crippen molar-refractivity contribution < 1.29 is 14.6 Å². The topological polar surface area (TPSA) is 84.3 Å². The van der Waals surface area contributed by atoms with Crippen LogP contribution in [0, 0.1) is 0 Å². The molecule has 3 rings (SSSR count). The molecular weight excluding hydrogens is 266 g/mol. The molecule has 2 aromatic heterocycles. The molecule has 0 bridgehead atoms. The van der Waals surface area contributed by atoms with Crippen LogP contribution >= 0.6 is 11.3 Å². The SMILES string of the molecule is O=C(O)c1sc2ncncc2c1NC1CCCCO1. The highest BCUT2D eigenvalue weighted by Gasteiger charge is 2.22. The number of nitrogens with one attached hydrogen (secondary N) is 1. The van der Waals surface area contributed by atoms with E-state index in [1.54, 1.807) is 6.20 Å². The van der Waals surface area contributed by atoms with Gasteiger partial charge in [0.2, 0.25) is 0 Å². The van der Waals surface area contributed by atoms with Gasteiger partial charge in [-0.2, -0.15) is 0 Å². The third kappa shape index (κ3) is 2.39. The first-order chi connectivity index (χ1) is 9.25. The second-order valence-corrected chi connectivity index (χ2v) is 5.35. The summed E-state index contributed by atoms with van der Waals surface area (Å²) >= 11 is 1.15. The quantitative estimate of drug-likeness (QED) is 0.897. The molecule has 6 nitrogen and oxygen atoms in total. The largest absolute Gasteiger partial charge is 0.477 e. The maximum Gasteiger partial charge on any atom is 0.348 e. The van der Waals surface area contributed by atoms with E-state index < -0.39 is 5.97 Å². The van der Waals surface area contributed by atoms with Gasteiger partial charge in [-0.3, -0.25) is 0 Å². The van der Waals surface area contributed by atoms with Gasteiger partial charge in [-0.05, 0) is 19.3 Å². The van der Waals surface area contributed by atoms with Crippen molar-refractivity contribution in [2.45, 2.75) is 25.5 Å². The van der Waals surface area contributed by atoms with E-state index in [1.807, 2.05) is 0 Å². The number of ether oxygens (including phenoxy) is 1. The van der Waals surface area contributed by atoms with Gasteiger partial charge in [0.15, 0.2) is 0 Å². The number of carbonyl (C=O) groups is 1. The Balaban J connectivity index is 1.99. The molecule has 1 saturated heterocycles. The Morgan fingerprint density at radius 3 is 3.16 bits per heavy atom. The summed E-state index contributed by atoms with van der Waals surface area (Å²) in [6, 6.07) is 0. The molecule has 0 radical (unpaired) electrons. The molecule has 100 valence electrons. The van der Waals surface area contributed by atoms with Crippen molar-refractivity contribution in [1.29, 1.82) is 0 Å². The van der Waals surface area contributed by atoms with Crippen LogP contribution in [0.5, 0.6) is 0 Å². The Hall–Kier alpha value is -1.73. The van der Waals surface area contributed by atoms with E-state index in [1.165, 1.54) is 6.33 Å². The molecule has 0 aliphatic carbocycles. The van der Waals surface area contributed by atoms with E-state index in [4.69, 9.17) is 4.74 Å². The molecule has 2 aromatic rings. The summed E-state index contributed by atoms with van der Waals surface area (Å²) < 4.78 is 5.59. The summed E-state index contributed by atoms with van der Waals surface area (Å²) in [5.74, 6) is -0.957. The van der Waals surface area contributed by atoms with Gasteiger partial charge in [-0.15, -0.1) is 11.3 Å². The van der Waals surface area contributed by atoms with Crippen LogP contribution in [0.25, 0.3) is 10.2 Å². The highest BCUT2D eigenvalue weighted by Crippen LogP contribution is 2.35. The predicted molar refractivity (Wildman–Crippen MR) is 71.6 cm³/mol. The van der Waals surface area contributed by atoms with Gasteiger partial charge in [0.1, 0.15) is 22.3 Å². The molecule has 0 aromatic carbocycles. The Morgan fingerprint density at radius 1 is 1.53 bits per heavy atom. The molecule has 0 saturated carbocycles. The lowest BCUT2D eigenvalue weighted by atomic mass is 10.2. The Kier molecular flexibility index (Phi) is 3.31. The van der Waals surface area contributed by atoms with Crippen LogP contribution in [0.3, 0.4) is 0 Å². The number of thiophene rings is 1. The second-order valence-electron chi connectivity index (χ2n) is 4.35. The number of fused-ring (bicyclic) bond motifs is 1. The molecule has 1 atom stereocenters. The molecule has 0 spiro atoms. The zero-order chi connectivity index (χ0) is 13.2. The first kappa shape index (κ1) is 12.3. The van der Waals surface area contributed by atoms with Crippen molar-refractivity contribution in [1.82, 2.24) is 9.97 Å². The monoisotopic (exact) mass is 279 g/mol. The maximum atomic E-state index is 11.3. The summed E-state index contributed by atoms with van der Waals surface area (Å²) in [5.41, 5.74) is 0.569. The van der Waals surface area contributed by atoms with Gasteiger partial charge in [-0.1, -0.05) is 0 Å². The van der Waals surface area contributed by atoms with Gasteiger partial charge in [-0.25, -0.2) is 14.8 Å². The third-order valence-electron chi connectivity index (χ3n) is 3.05. The number of aromatic carboxylic acids is 1. The highest BCUT2D eigenvalue weighted by molar-refractivity contribution is 7.21. The Bertz CT molecular complexity index is 607. The summed E-state index contributed by atoms with van der Waals surface area (Å²) in [6.07, 6.45) is 5.94. The number of rotatable bonds is 3. The molecule has 1 unspecified atom stereocenters. The van der Waals surface area contributed by atoms with Crippen molar-refractivity contribution in [2.75, 3.05) is 11.9 Å². The van der Waals surface area contributed by atoms with E-state index in [-0.39, 0.29) is 11.1 Å². The fraction of sp³-hybridized carbons (Fsp3) is 0.417. The van der Waals surface area contributed by atoms with Crippen molar-refractivity contribution in [3.05, 3.63) is 17.4 Å². The van der Waals surface area contributed by atoms with Crippen LogP contribution in [-0.4, -0.2) is 33.9 Å². The predicted octanol–water partition coefficient (Wildman–Crippen LogP) is 2.33. The summed E-state index contributed by atoms with van der Waals surface area (Å²) in [6.45, 7) is 0.707. The van der Waals surface area contributed by atoms with Crippen molar-refractivity contribution in [3.8, 4) is 0 Å². The average molecular weight is 279 g/mol. The van der Waals surface area contributed by atoms with Crippen LogP contribution in [0.15, 0.2) is 12.5 Å². The molecule has 7 heteroatoms. The Labute approximate surface area is 113 Å². The fourth-order valence-electron chi connectivity index (χ4n) is 2.15. The molecule has 3 heterocycles. The van der Waals surface area contributed by atoms with Crippen LogP contribution in [0.4, 0.5) is 5.69 Å². The lowest BCUT2D eigenvalue weighted by molar-refractivity contribution is 0.0343.